The van der Waals surface area contributed by atoms with E-state index in [9.17, 15) is 0 Å². The Bertz CT molecular complexity index is 392. The van der Waals surface area contributed by atoms with Crippen molar-refractivity contribution in [1.29, 1.82) is 0 Å². The van der Waals surface area contributed by atoms with Crippen LogP contribution >= 0.6 is 0 Å². The molecule has 6 nitrogen and oxygen atoms in total. The zero-order valence-corrected chi connectivity index (χ0v) is 12.0. The van der Waals surface area contributed by atoms with E-state index in [0.717, 1.165) is 6.42 Å². The molecule has 0 unspecified atom stereocenters. The summed E-state index contributed by atoms with van der Waals surface area (Å²) in [6.45, 7) is 10.2. The number of ether oxygens (including phenoxy) is 1. The van der Waals surface area contributed by atoms with Gasteiger partial charge in [0.2, 0.25) is 11.9 Å². The molecule has 0 saturated carbocycles. The highest BCUT2D eigenvalue weighted by Crippen LogP contribution is 2.18. The van der Waals surface area contributed by atoms with Crippen LogP contribution in [-0.2, 0) is 0 Å². The van der Waals surface area contributed by atoms with Crippen molar-refractivity contribution >= 4 is 11.9 Å². The van der Waals surface area contributed by atoms with Crippen LogP contribution in [0.3, 0.4) is 0 Å². The fourth-order valence-corrected chi connectivity index (χ4v) is 1.18. The molecule has 6 heteroatoms. The lowest BCUT2D eigenvalue weighted by atomic mass is 10.0. The van der Waals surface area contributed by atoms with Gasteiger partial charge < -0.3 is 15.4 Å². The number of nitrogens with zero attached hydrogens (tertiary/aromatic N) is 3. The maximum Gasteiger partial charge on any atom is 0.323 e. The molecule has 102 valence electrons. The van der Waals surface area contributed by atoms with Crippen LogP contribution in [0, 0.1) is 0 Å². The first-order valence-electron chi connectivity index (χ1n) is 6.25. The van der Waals surface area contributed by atoms with Gasteiger partial charge in [0, 0.05) is 12.6 Å². The SMILES string of the molecule is CCC(C)(C)Nc1nc(NC)nc(OC(C)C)n1. The van der Waals surface area contributed by atoms with Gasteiger partial charge in [-0.25, -0.2) is 0 Å². The van der Waals surface area contributed by atoms with Gasteiger partial charge in [0.1, 0.15) is 0 Å². The Morgan fingerprint density at radius 1 is 1.17 bits per heavy atom. The zero-order chi connectivity index (χ0) is 13.8. The number of hydrogen-bond acceptors (Lipinski definition) is 6. The fourth-order valence-electron chi connectivity index (χ4n) is 1.18. The van der Waals surface area contributed by atoms with Crippen molar-refractivity contribution in [3.05, 3.63) is 0 Å². The molecule has 0 aliphatic rings. The minimum Gasteiger partial charge on any atom is -0.461 e. The summed E-state index contributed by atoms with van der Waals surface area (Å²) in [5.41, 5.74) is -0.0680. The summed E-state index contributed by atoms with van der Waals surface area (Å²) < 4.78 is 5.50. The second-order valence-electron chi connectivity index (χ2n) is 5.04. The Labute approximate surface area is 109 Å². The van der Waals surface area contributed by atoms with E-state index in [1.165, 1.54) is 0 Å². The topological polar surface area (TPSA) is 72.0 Å². The smallest absolute Gasteiger partial charge is 0.323 e. The van der Waals surface area contributed by atoms with Crippen LogP contribution in [-0.4, -0.2) is 33.6 Å². The van der Waals surface area contributed by atoms with Gasteiger partial charge in [-0.05, 0) is 34.1 Å². The lowest BCUT2D eigenvalue weighted by molar-refractivity contribution is 0.222. The molecule has 18 heavy (non-hydrogen) atoms. The molecule has 1 heterocycles. The predicted octanol–water partition coefficient (Wildman–Crippen LogP) is 2.30. The summed E-state index contributed by atoms with van der Waals surface area (Å²) in [5, 5.41) is 6.18. The lowest BCUT2D eigenvalue weighted by Gasteiger charge is -2.24. The van der Waals surface area contributed by atoms with Gasteiger partial charge in [-0.15, -0.1) is 0 Å². The standard InChI is InChI=1S/C12H23N5O/c1-7-12(4,5)17-10-14-9(13-6)15-11(16-10)18-8(2)3/h8H,7H2,1-6H3,(H2,13,14,15,16,17). The van der Waals surface area contributed by atoms with E-state index in [1.54, 1.807) is 7.05 Å². The number of rotatable bonds is 6. The van der Waals surface area contributed by atoms with E-state index in [4.69, 9.17) is 4.74 Å². The third kappa shape index (κ3) is 4.35. The van der Waals surface area contributed by atoms with E-state index >= 15 is 0 Å². The molecule has 0 aromatic carbocycles. The van der Waals surface area contributed by atoms with Crippen molar-refractivity contribution in [3.8, 4) is 6.01 Å². The van der Waals surface area contributed by atoms with Gasteiger partial charge in [-0.1, -0.05) is 6.92 Å². The van der Waals surface area contributed by atoms with Crippen LogP contribution < -0.4 is 15.4 Å². The quantitative estimate of drug-likeness (QED) is 0.810. The lowest BCUT2D eigenvalue weighted by Crippen LogP contribution is -2.31. The van der Waals surface area contributed by atoms with Crippen LogP contribution in [0.2, 0.25) is 0 Å². The van der Waals surface area contributed by atoms with Crippen LogP contribution in [0.1, 0.15) is 41.0 Å². The summed E-state index contributed by atoms with van der Waals surface area (Å²) >= 11 is 0. The number of aromatic nitrogens is 3. The normalized spacial score (nSPS) is 11.5. The number of hydrogen-bond donors (Lipinski definition) is 2. The maximum absolute atomic E-state index is 5.50. The molecule has 0 saturated heterocycles. The zero-order valence-electron chi connectivity index (χ0n) is 12.0. The van der Waals surface area contributed by atoms with Crippen molar-refractivity contribution in [1.82, 2.24) is 15.0 Å². The van der Waals surface area contributed by atoms with E-state index in [0.29, 0.717) is 17.9 Å². The molecule has 1 aromatic rings. The number of anilines is 2. The highest BCUT2D eigenvalue weighted by atomic mass is 16.5. The maximum atomic E-state index is 5.50. The number of nitrogens with one attached hydrogen (secondary N) is 2. The van der Waals surface area contributed by atoms with Crippen LogP contribution in [0.4, 0.5) is 11.9 Å². The van der Waals surface area contributed by atoms with Crippen molar-refractivity contribution in [3.63, 3.8) is 0 Å². The molecule has 0 atom stereocenters. The van der Waals surface area contributed by atoms with Gasteiger partial charge in [0.05, 0.1) is 6.10 Å². The van der Waals surface area contributed by atoms with Gasteiger partial charge in [0.15, 0.2) is 0 Å². The molecule has 1 aromatic heterocycles. The summed E-state index contributed by atoms with van der Waals surface area (Å²) in [5.74, 6) is 1.02. The molecule has 0 aliphatic carbocycles. The monoisotopic (exact) mass is 253 g/mol. The van der Waals surface area contributed by atoms with E-state index < -0.39 is 0 Å². The van der Waals surface area contributed by atoms with E-state index in [2.05, 4.69) is 46.4 Å². The van der Waals surface area contributed by atoms with E-state index in [1.807, 2.05) is 13.8 Å². The van der Waals surface area contributed by atoms with Gasteiger partial charge in [-0.2, -0.15) is 15.0 Å². The van der Waals surface area contributed by atoms with Gasteiger partial charge in [0.25, 0.3) is 0 Å². The highest BCUT2D eigenvalue weighted by molar-refractivity contribution is 5.37. The summed E-state index contributed by atoms with van der Waals surface area (Å²) in [4.78, 5) is 12.7. The molecule has 0 amide bonds. The average molecular weight is 253 g/mol. The van der Waals surface area contributed by atoms with E-state index in [-0.39, 0.29) is 11.6 Å². The molecule has 1 rings (SSSR count). The molecule has 0 radical (unpaired) electrons. The largest absolute Gasteiger partial charge is 0.461 e. The first-order chi connectivity index (χ1) is 8.36. The molecular weight excluding hydrogens is 230 g/mol. The Balaban J connectivity index is 2.97. The Morgan fingerprint density at radius 3 is 2.28 bits per heavy atom. The molecule has 0 bridgehead atoms. The van der Waals surface area contributed by atoms with Crippen LogP contribution in [0.5, 0.6) is 6.01 Å². The average Bonchev–Trinajstić information content (AvgIpc) is 2.27. The minimum atomic E-state index is -0.0680. The van der Waals surface area contributed by atoms with Crippen LogP contribution in [0.15, 0.2) is 0 Å². The summed E-state index contributed by atoms with van der Waals surface area (Å²) in [6, 6.07) is 0.332. The summed E-state index contributed by atoms with van der Waals surface area (Å²) in [7, 11) is 1.77. The van der Waals surface area contributed by atoms with Gasteiger partial charge in [-0.3, -0.25) is 0 Å². The van der Waals surface area contributed by atoms with Crippen LogP contribution in [0.25, 0.3) is 0 Å². The Hall–Kier alpha value is -1.59. The molecule has 0 spiro atoms. The van der Waals surface area contributed by atoms with Crippen molar-refractivity contribution in [2.24, 2.45) is 0 Å². The molecule has 0 fully saturated rings. The van der Waals surface area contributed by atoms with Crippen molar-refractivity contribution in [2.75, 3.05) is 17.7 Å². The predicted molar refractivity (Wildman–Crippen MR) is 73.1 cm³/mol. The minimum absolute atomic E-state index is 0.0316. The molecular formula is C12H23N5O. The fraction of sp³-hybridized carbons (Fsp3) is 0.750. The summed E-state index contributed by atoms with van der Waals surface area (Å²) in [6.07, 6.45) is 0.998. The van der Waals surface area contributed by atoms with Crippen molar-refractivity contribution in [2.45, 2.75) is 52.7 Å². The molecule has 0 aliphatic heterocycles. The Kier molecular flexibility index (Phi) is 4.69. The van der Waals surface area contributed by atoms with Gasteiger partial charge >= 0.3 is 6.01 Å². The third-order valence-electron chi connectivity index (χ3n) is 2.51. The van der Waals surface area contributed by atoms with Crippen molar-refractivity contribution < 1.29 is 4.74 Å². The highest BCUT2D eigenvalue weighted by Gasteiger charge is 2.17. The first kappa shape index (κ1) is 14.5. The first-order valence-corrected chi connectivity index (χ1v) is 6.25. The molecule has 2 N–H and O–H groups in total. The second-order valence-corrected chi connectivity index (χ2v) is 5.04. The Morgan fingerprint density at radius 2 is 1.78 bits per heavy atom. The second kappa shape index (κ2) is 5.84. The third-order valence-corrected chi connectivity index (χ3v) is 2.51.